The van der Waals surface area contributed by atoms with Gasteiger partial charge < -0.3 is 14.8 Å². The van der Waals surface area contributed by atoms with E-state index in [1.165, 1.54) is 24.3 Å². The van der Waals surface area contributed by atoms with E-state index in [2.05, 4.69) is 48.2 Å². The van der Waals surface area contributed by atoms with Crippen LogP contribution in [0.3, 0.4) is 0 Å². The lowest BCUT2D eigenvalue weighted by Crippen LogP contribution is -2.18. The zero-order chi connectivity index (χ0) is 17.5. The molecule has 2 aromatic rings. The third-order valence-electron chi connectivity index (χ3n) is 3.94. The van der Waals surface area contributed by atoms with Gasteiger partial charge in [0.05, 0.1) is 7.11 Å². The molecule has 0 radical (unpaired) electrons. The Bertz CT molecular complexity index is 644. The number of nitrogens with one attached hydrogen (secondary N) is 1. The SMILES string of the molecule is CCc1ccc(C(C)NCc2ccc(OC(F)F)c(OC)c2)cc1. The summed E-state index contributed by atoms with van der Waals surface area (Å²) in [5.41, 5.74) is 3.45. The molecule has 1 atom stereocenters. The first-order valence-electron chi connectivity index (χ1n) is 7.97. The molecule has 0 spiro atoms. The van der Waals surface area contributed by atoms with Gasteiger partial charge in [0.2, 0.25) is 0 Å². The van der Waals surface area contributed by atoms with Crippen molar-refractivity contribution in [1.29, 1.82) is 0 Å². The number of rotatable bonds is 8. The minimum absolute atomic E-state index is 0.0412. The van der Waals surface area contributed by atoms with E-state index in [1.54, 1.807) is 12.1 Å². The predicted molar refractivity (Wildman–Crippen MR) is 90.7 cm³/mol. The van der Waals surface area contributed by atoms with E-state index >= 15 is 0 Å². The molecule has 2 aromatic carbocycles. The standard InChI is InChI=1S/C19H23F2NO2/c1-4-14-5-8-16(9-6-14)13(2)22-12-15-7-10-17(24-19(20)21)18(11-15)23-3/h5-11,13,19,22H,4,12H2,1-3H3. The zero-order valence-electron chi connectivity index (χ0n) is 14.2. The van der Waals surface area contributed by atoms with Gasteiger partial charge in [-0.2, -0.15) is 8.78 Å². The summed E-state index contributed by atoms with van der Waals surface area (Å²) >= 11 is 0. The minimum Gasteiger partial charge on any atom is -0.493 e. The van der Waals surface area contributed by atoms with Gasteiger partial charge in [0.25, 0.3) is 0 Å². The van der Waals surface area contributed by atoms with Crippen molar-refractivity contribution in [1.82, 2.24) is 5.32 Å². The molecule has 2 rings (SSSR count). The third kappa shape index (κ3) is 4.93. The molecule has 0 saturated heterocycles. The lowest BCUT2D eigenvalue weighted by atomic mass is 10.0. The summed E-state index contributed by atoms with van der Waals surface area (Å²) in [6, 6.07) is 13.6. The molecule has 1 N–H and O–H groups in total. The number of hydrogen-bond acceptors (Lipinski definition) is 3. The fourth-order valence-electron chi connectivity index (χ4n) is 2.45. The molecule has 5 heteroatoms. The van der Waals surface area contributed by atoms with Crippen molar-refractivity contribution >= 4 is 0 Å². The third-order valence-corrected chi connectivity index (χ3v) is 3.94. The maximum absolute atomic E-state index is 12.3. The van der Waals surface area contributed by atoms with Crippen LogP contribution in [-0.2, 0) is 13.0 Å². The van der Waals surface area contributed by atoms with Gasteiger partial charge in [0, 0.05) is 12.6 Å². The van der Waals surface area contributed by atoms with Gasteiger partial charge in [-0.3, -0.25) is 0 Å². The minimum atomic E-state index is -2.87. The fraction of sp³-hybridized carbons (Fsp3) is 0.368. The summed E-state index contributed by atoms with van der Waals surface area (Å²) in [5.74, 6) is 0.342. The van der Waals surface area contributed by atoms with Crippen molar-refractivity contribution in [2.45, 2.75) is 39.5 Å². The summed E-state index contributed by atoms with van der Waals surface area (Å²) in [6.07, 6.45) is 1.02. The van der Waals surface area contributed by atoms with E-state index in [-0.39, 0.29) is 11.8 Å². The molecule has 0 fully saturated rings. The first-order valence-corrected chi connectivity index (χ1v) is 7.97. The molecule has 0 aliphatic heterocycles. The van der Waals surface area contributed by atoms with Crippen molar-refractivity contribution in [3.63, 3.8) is 0 Å². The molecule has 0 aromatic heterocycles. The number of halogens is 2. The number of hydrogen-bond donors (Lipinski definition) is 1. The summed E-state index contributed by atoms with van der Waals surface area (Å²) < 4.78 is 34.2. The van der Waals surface area contributed by atoms with Crippen LogP contribution in [0, 0.1) is 0 Å². The van der Waals surface area contributed by atoms with Crippen molar-refractivity contribution in [3.05, 3.63) is 59.2 Å². The van der Waals surface area contributed by atoms with Crippen LogP contribution < -0.4 is 14.8 Å². The smallest absolute Gasteiger partial charge is 0.387 e. The van der Waals surface area contributed by atoms with E-state index in [0.29, 0.717) is 12.3 Å². The van der Waals surface area contributed by atoms with Gasteiger partial charge in [0.15, 0.2) is 11.5 Å². The molecule has 3 nitrogen and oxygen atoms in total. The number of benzene rings is 2. The highest BCUT2D eigenvalue weighted by molar-refractivity contribution is 5.43. The highest BCUT2D eigenvalue weighted by atomic mass is 19.3. The molecule has 24 heavy (non-hydrogen) atoms. The predicted octanol–water partition coefficient (Wildman–Crippen LogP) is 4.71. The molecule has 0 aliphatic rings. The lowest BCUT2D eigenvalue weighted by Gasteiger charge is -2.16. The second kappa shape index (κ2) is 8.64. The van der Waals surface area contributed by atoms with Crippen molar-refractivity contribution < 1.29 is 18.3 Å². The number of methoxy groups -OCH3 is 1. The molecule has 0 saturated carbocycles. The summed E-state index contributed by atoms with van der Waals surface area (Å²) in [7, 11) is 1.43. The van der Waals surface area contributed by atoms with Crippen LogP contribution in [0.15, 0.2) is 42.5 Å². The fourth-order valence-corrected chi connectivity index (χ4v) is 2.45. The second-order valence-corrected chi connectivity index (χ2v) is 5.56. The largest absolute Gasteiger partial charge is 0.493 e. The average Bonchev–Trinajstić information content (AvgIpc) is 2.60. The second-order valence-electron chi connectivity index (χ2n) is 5.56. The highest BCUT2D eigenvalue weighted by Crippen LogP contribution is 2.29. The topological polar surface area (TPSA) is 30.5 Å². The Hall–Kier alpha value is -2.14. The lowest BCUT2D eigenvalue weighted by molar-refractivity contribution is -0.0512. The Kier molecular flexibility index (Phi) is 6.55. The van der Waals surface area contributed by atoms with Crippen LogP contribution in [0.5, 0.6) is 11.5 Å². The number of aryl methyl sites for hydroxylation is 1. The molecule has 0 amide bonds. The summed E-state index contributed by atoms with van der Waals surface area (Å²) in [6.45, 7) is 1.95. The zero-order valence-corrected chi connectivity index (χ0v) is 14.2. The highest BCUT2D eigenvalue weighted by Gasteiger charge is 2.11. The molecular weight excluding hydrogens is 312 g/mol. The van der Waals surface area contributed by atoms with Gasteiger partial charge >= 0.3 is 6.61 Å². The summed E-state index contributed by atoms with van der Waals surface area (Å²) in [4.78, 5) is 0. The van der Waals surface area contributed by atoms with E-state index in [4.69, 9.17) is 4.74 Å². The quantitative estimate of drug-likeness (QED) is 0.758. The van der Waals surface area contributed by atoms with E-state index in [1.807, 2.05) is 0 Å². The van der Waals surface area contributed by atoms with Gasteiger partial charge in [-0.1, -0.05) is 37.3 Å². The van der Waals surface area contributed by atoms with Crippen LogP contribution in [0.25, 0.3) is 0 Å². The Labute approximate surface area is 141 Å². The van der Waals surface area contributed by atoms with Crippen molar-refractivity contribution in [2.24, 2.45) is 0 Å². The van der Waals surface area contributed by atoms with E-state index < -0.39 is 6.61 Å². The molecule has 130 valence electrons. The van der Waals surface area contributed by atoms with Gasteiger partial charge in [0.1, 0.15) is 0 Å². The van der Waals surface area contributed by atoms with Gasteiger partial charge in [-0.15, -0.1) is 0 Å². The Morgan fingerprint density at radius 1 is 1.00 bits per heavy atom. The van der Waals surface area contributed by atoms with Crippen molar-refractivity contribution in [3.8, 4) is 11.5 Å². The van der Waals surface area contributed by atoms with Crippen LogP contribution in [0.2, 0.25) is 0 Å². The molecular formula is C19H23F2NO2. The van der Waals surface area contributed by atoms with Crippen molar-refractivity contribution in [2.75, 3.05) is 7.11 Å². The maximum atomic E-state index is 12.3. The Balaban J connectivity index is 1.99. The van der Waals surface area contributed by atoms with E-state index in [0.717, 1.165) is 12.0 Å². The van der Waals surface area contributed by atoms with Crippen LogP contribution >= 0.6 is 0 Å². The monoisotopic (exact) mass is 335 g/mol. The van der Waals surface area contributed by atoms with Crippen LogP contribution in [0.4, 0.5) is 8.78 Å². The van der Waals surface area contributed by atoms with Crippen LogP contribution in [-0.4, -0.2) is 13.7 Å². The Morgan fingerprint density at radius 3 is 2.25 bits per heavy atom. The number of alkyl halides is 2. The summed E-state index contributed by atoms with van der Waals surface area (Å²) in [5, 5.41) is 3.42. The maximum Gasteiger partial charge on any atom is 0.387 e. The molecule has 0 bridgehead atoms. The van der Waals surface area contributed by atoms with Gasteiger partial charge in [-0.25, -0.2) is 0 Å². The van der Waals surface area contributed by atoms with E-state index in [9.17, 15) is 8.78 Å². The average molecular weight is 335 g/mol. The first-order chi connectivity index (χ1) is 11.5. The normalized spacial score (nSPS) is 12.2. The Morgan fingerprint density at radius 2 is 1.67 bits per heavy atom. The molecule has 0 aliphatic carbocycles. The number of ether oxygens (including phenoxy) is 2. The first kappa shape index (κ1) is 18.2. The molecule has 0 heterocycles. The van der Waals surface area contributed by atoms with Crippen LogP contribution in [0.1, 0.15) is 36.6 Å². The molecule has 1 unspecified atom stereocenters. The van der Waals surface area contributed by atoms with Gasteiger partial charge in [-0.05, 0) is 42.2 Å².